The van der Waals surface area contributed by atoms with Crippen molar-refractivity contribution in [1.29, 1.82) is 0 Å². The molecule has 3 heterocycles. The summed E-state index contributed by atoms with van der Waals surface area (Å²) in [7, 11) is 0. The molecule has 0 unspecified atom stereocenters. The van der Waals surface area contributed by atoms with Crippen LogP contribution in [0.2, 0.25) is 0 Å². The van der Waals surface area contributed by atoms with Crippen molar-refractivity contribution in [2.45, 2.75) is 9.79 Å². The number of rotatable bonds is 2. The third kappa shape index (κ3) is 3.12. The van der Waals surface area contributed by atoms with Crippen molar-refractivity contribution < 1.29 is 0 Å². The fourth-order valence-corrected chi connectivity index (χ4v) is 9.03. The van der Waals surface area contributed by atoms with Crippen molar-refractivity contribution in [3.05, 3.63) is 133 Å². The van der Waals surface area contributed by atoms with Crippen LogP contribution in [-0.2, 0) is 0 Å². The van der Waals surface area contributed by atoms with Crippen LogP contribution in [0.15, 0.2) is 143 Å². The smallest absolute Gasteiger partial charge is 0.249 e. The molecule has 40 heavy (non-hydrogen) atoms. The van der Waals surface area contributed by atoms with Gasteiger partial charge in [-0.05, 0) is 59.0 Å². The van der Waals surface area contributed by atoms with Crippen molar-refractivity contribution in [2.75, 3.05) is 4.90 Å². The minimum Gasteiger partial charge on any atom is -0.311 e. The van der Waals surface area contributed by atoms with E-state index in [2.05, 4.69) is 138 Å². The lowest BCUT2D eigenvalue weighted by Crippen LogP contribution is -2.59. The lowest BCUT2D eigenvalue weighted by Gasteiger charge is -2.40. The quantitative estimate of drug-likeness (QED) is 0.201. The Balaban J connectivity index is 1.34. The summed E-state index contributed by atoms with van der Waals surface area (Å²) < 4.78 is 2.67. The summed E-state index contributed by atoms with van der Waals surface area (Å²) in [6.07, 6.45) is 0. The molecule has 0 radical (unpaired) electrons. The Morgan fingerprint density at radius 1 is 0.475 bits per heavy atom. The van der Waals surface area contributed by atoms with Crippen molar-refractivity contribution >= 4 is 83.4 Å². The fourth-order valence-electron chi connectivity index (χ4n) is 6.74. The first-order valence-electron chi connectivity index (χ1n) is 13.7. The molecule has 0 bridgehead atoms. The molecule has 0 atom stereocenters. The highest BCUT2D eigenvalue weighted by Gasteiger charge is 2.40. The average Bonchev–Trinajstić information content (AvgIpc) is 3.40. The van der Waals surface area contributed by atoms with Gasteiger partial charge in [0.1, 0.15) is 0 Å². The van der Waals surface area contributed by atoms with Gasteiger partial charge in [-0.2, -0.15) is 0 Å². The summed E-state index contributed by atoms with van der Waals surface area (Å²) >= 11 is 3.78. The minimum atomic E-state index is 0.229. The van der Waals surface area contributed by atoms with Crippen LogP contribution in [0.3, 0.4) is 0 Å². The zero-order valence-electron chi connectivity index (χ0n) is 21.5. The molecule has 0 fully saturated rings. The van der Waals surface area contributed by atoms with E-state index in [1.807, 2.05) is 23.1 Å². The molecular weight excluding hydrogens is 521 g/mol. The number of hydrogen-bond donors (Lipinski definition) is 0. The largest absolute Gasteiger partial charge is 0.311 e. The number of hydrogen-bond acceptors (Lipinski definition) is 3. The van der Waals surface area contributed by atoms with Crippen LogP contribution < -0.4 is 21.3 Å². The molecule has 0 saturated carbocycles. The van der Waals surface area contributed by atoms with Gasteiger partial charge in [-0.15, -0.1) is 11.3 Å². The van der Waals surface area contributed by atoms with Crippen LogP contribution in [0, 0.1) is 0 Å². The average molecular weight is 544 g/mol. The summed E-state index contributed by atoms with van der Waals surface area (Å²) in [5.74, 6) is 0. The SMILES string of the molecule is c1ccc2c(c1)Sc1cccc3c1B2c1ccccc1N3c1ccccc1-c1cccc2sc3ccccc3c12. The Labute approximate surface area is 241 Å². The highest BCUT2D eigenvalue weighted by Crippen LogP contribution is 2.47. The Morgan fingerprint density at radius 3 is 2.08 bits per heavy atom. The summed E-state index contributed by atoms with van der Waals surface area (Å²) in [5.41, 5.74) is 10.5. The monoisotopic (exact) mass is 543 g/mol. The second-order valence-electron chi connectivity index (χ2n) is 10.5. The molecule has 1 nitrogen and oxygen atoms in total. The summed E-state index contributed by atoms with van der Waals surface area (Å²) in [6, 6.07) is 49.3. The highest BCUT2D eigenvalue weighted by molar-refractivity contribution is 8.00. The first-order valence-corrected chi connectivity index (χ1v) is 15.3. The van der Waals surface area contributed by atoms with Crippen LogP contribution in [-0.4, -0.2) is 6.71 Å². The van der Waals surface area contributed by atoms with Gasteiger partial charge in [-0.1, -0.05) is 108 Å². The van der Waals surface area contributed by atoms with Crippen molar-refractivity contribution in [2.24, 2.45) is 0 Å². The van der Waals surface area contributed by atoms with E-state index in [1.165, 1.54) is 74.5 Å². The molecule has 1 aromatic heterocycles. The molecule has 2 aliphatic rings. The van der Waals surface area contributed by atoms with Gasteiger partial charge in [0, 0.05) is 46.9 Å². The second kappa shape index (κ2) is 8.63. The second-order valence-corrected chi connectivity index (χ2v) is 12.6. The summed E-state index contributed by atoms with van der Waals surface area (Å²) in [4.78, 5) is 5.22. The predicted octanol–water partition coefficient (Wildman–Crippen LogP) is 8.49. The van der Waals surface area contributed by atoms with Crippen LogP contribution in [0.1, 0.15) is 0 Å². The van der Waals surface area contributed by atoms with E-state index >= 15 is 0 Å². The van der Waals surface area contributed by atoms with E-state index in [0.717, 1.165) is 0 Å². The van der Waals surface area contributed by atoms with Gasteiger partial charge in [-0.25, -0.2) is 0 Å². The highest BCUT2D eigenvalue weighted by atomic mass is 32.2. The Bertz CT molecular complexity index is 2130. The van der Waals surface area contributed by atoms with Crippen LogP contribution in [0.25, 0.3) is 31.3 Å². The van der Waals surface area contributed by atoms with Gasteiger partial charge in [0.15, 0.2) is 0 Å². The molecule has 0 aliphatic carbocycles. The van der Waals surface area contributed by atoms with Crippen LogP contribution >= 0.6 is 23.1 Å². The number of fused-ring (bicyclic) bond motifs is 7. The normalized spacial score (nSPS) is 13.3. The molecule has 0 N–H and O–H groups in total. The third-order valence-electron chi connectivity index (χ3n) is 8.35. The van der Waals surface area contributed by atoms with E-state index in [1.54, 1.807) is 0 Å². The molecule has 9 rings (SSSR count). The molecule has 0 saturated heterocycles. The van der Waals surface area contributed by atoms with Crippen LogP contribution in [0.5, 0.6) is 0 Å². The van der Waals surface area contributed by atoms with E-state index in [4.69, 9.17) is 0 Å². The number of nitrogens with zero attached hydrogens (tertiary/aromatic N) is 1. The summed E-state index contributed by atoms with van der Waals surface area (Å²) in [6.45, 7) is 0.229. The molecule has 7 aromatic rings. The van der Waals surface area contributed by atoms with E-state index < -0.39 is 0 Å². The minimum absolute atomic E-state index is 0.229. The molecule has 186 valence electrons. The lowest BCUT2D eigenvalue weighted by molar-refractivity contribution is 1.27. The maximum absolute atomic E-state index is 2.52. The van der Waals surface area contributed by atoms with Gasteiger partial charge < -0.3 is 4.90 Å². The molecule has 4 heteroatoms. The molecule has 2 aliphatic heterocycles. The molecule has 6 aromatic carbocycles. The fraction of sp³-hybridized carbons (Fsp3) is 0. The van der Waals surface area contributed by atoms with E-state index in [-0.39, 0.29) is 6.71 Å². The Kier molecular flexibility index (Phi) is 4.86. The third-order valence-corrected chi connectivity index (χ3v) is 10.7. The molecular formula is C36H22BNS2. The lowest BCUT2D eigenvalue weighted by atomic mass is 9.35. The zero-order chi connectivity index (χ0) is 26.2. The molecule has 0 spiro atoms. The maximum atomic E-state index is 2.52. The van der Waals surface area contributed by atoms with E-state index in [9.17, 15) is 0 Å². The zero-order valence-corrected chi connectivity index (χ0v) is 23.2. The first kappa shape index (κ1) is 22.6. The van der Waals surface area contributed by atoms with Crippen molar-refractivity contribution in [3.63, 3.8) is 0 Å². The maximum Gasteiger partial charge on any atom is 0.249 e. The predicted molar refractivity (Wildman–Crippen MR) is 175 cm³/mol. The number of thiophene rings is 1. The van der Waals surface area contributed by atoms with Gasteiger partial charge in [0.05, 0.1) is 5.69 Å². The topological polar surface area (TPSA) is 3.24 Å². The summed E-state index contributed by atoms with van der Waals surface area (Å²) in [5, 5.41) is 2.68. The van der Waals surface area contributed by atoms with Crippen molar-refractivity contribution in [3.8, 4) is 11.1 Å². The molecule has 0 amide bonds. The van der Waals surface area contributed by atoms with E-state index in [0.29, 0.717) is 0 Å². The first-order chi connectivity index (χ1) is 19.9. The standard InChI is InChI=1S/C36H22BNS2/c1-5-16-28(23(11-1)24-13-9-21-33-35(24)25-12-2-7-19-31(25)39-33)38-29-17-6-3-14-26(29)37-27-15-4-8-20-32(27)40-34-22-10-18-30(38)36(34)37/h1-22H. The number of para-hydroxylation sites is 2. The van der Waals surface area contributed by atoms with Gasteiger partial charge >= 0.3 is 0 Å². The van der Waals surface area contributed by atoms with Crippen molar-refractivity contribution in [1.82, 2.24) is 0 Å². The Hall–Kier alpha value is -4.25. The number of anilines is 3. The van der Waals surface area contributed by atoms with Crippen LogP contribution in [0.4, 0.5) is 17.1 Å². The Morgan fingerprint density at radius 2 is 1.12 bits per heavy atom. The van der Waals surface area contributed by atoms with Gasteiger partial charge in [0.2, 0.25) is 6.71 Å². The number of benzene rings is 6. The van der Waals surface area contributed by atoms with Gasteiger partial charge in [0.25, 0.3) is 0 Å². The van der Waals surface area contributed by atoms with Gasteiger partial charge in [-0.3, -0.25) is 0 Å².